The maximum absolute atomic E-state index is 12.7. The fourth-order valence-electron chi connectivity index (χ4n) is 5.26. The van der Waals surface area contributed by atoms with E-state index in [4.69, 9.17) is 0 Å². The first kappa shape index (κ1) is 13.3. The molecular formula is C19H21N3O. The number of hydrogen-bond acceptors (Lipinski definition) is 2. The Hall–Kier alpha value is -2.10. The normalized spacial score (nSPS) is 33.0. The first-order valence-electron chi connectivity index (χ1n) is 8.52. The highest BCUT2D eigenvalue weighted by molar-refractivity contribution is 5.99. The third kappa shape index (κ3) is 1.66. The van der Waals surface area contributed by atoms with Crippen LogP contribution in [0.2, 0.25) is 0 Å². The molecule has 4 aliphatic rings. The van der Waals surface area contributed by atoms with E-state index >= 15 is 0 Å². The monoisotopic (exact) mass is 307 g/mol. The molecule has 0 spiro atoms. The molecule has 1 amide bonds. The number of imidazole rings is 1. The number of carbonyl (C=O) groups excluding carboxylic acids is 1. The predicted molar refractivity (Wildman–Crippen MR) is 88.4 cm³/mol. The van der Waals surface area contributed by atoms with Crippen LogP contribution in [0.15, 0.2) is 30.6 Å². The van der Waals surface area contributed by atoms with Crippen LogP contribution in [0.5, 0.6) is 0 Å². The summed E-state index contributed by atoms with van der Waals surface area (Å²) in [6.07, 6.45) is 5.55. The molecule has 1 heterocycles. The number of carbonyl (C=O) groups is 1. The number of rotatable bonds is 3. The lowest BCUT2D eigenvalue weighted by Crippen LogP contribution is -2.24. The molecule has 4 aliphatic carbocycles. The molecule has 0 saturated heterocycles. The van der Waals surface area contributed by atoms with Gasteiger partial charge in [0.05, 0.1) is 17.4 Å². The Kier molecular flexibility index (Phi) is 2.47. The van der Waals surface area contributed by atoms with E-state index in [1.54, 1.807) is 0 Å². The van der Waals surface area contributed by atoms with E-state index in [2.05, 4.69) is 21.8 Å². The van der Waals surface area contributed by atoms with Gasteiger partial charge in [-0.3, -0.25) is 4.79 Å². The molecule has 4 bridgehead atoms. The van der Waals surface area contributed by atoms with Crippen LogP contribution in [0.1, 0.15) is 30.7 Å². The summed E-state index contributed by atoms with van der Waals surface area (Å²) < 4.78 is 2.07. The molecule has 4 fully saturated rings. The predicted octanol–water partition coefficient (Wildman–Crippen LogP) is 3.47. The summed E-state index contributed by atoms with van der Waals surface area (Å²) in [5, 5.41) is 3.16. The zero-order chi connectivity index (χ0) is 15.8. The molecule has 2 aromatic rings. The number of amides is 1. The van der Waals surface area contributed by atoms with E-state index in [9.17, 15) is 4.79 Å². The number of aryl methyl sites for hydroxylation is 1. The van der Waals surface area contributed by atoms with Gasteiger partial charge in [0.25, 0.3) is 0 Å². The van der Waals surface area contributed by atoms with Gasteiger partial charge in [-0.05, 0) is 75.1 Å². The SMILES string of the molecule is Cc1ncn(-c2ccc(NC(=O)C34CC5CC3C4C5)cc2)c1C. The number of hydrogen-bond donors (Lipinski definition) is 1. The maximum Gasteiger partial charge on any atom is 0.231 e. The highest BCUT2D eigenvalue weighted by atomic mass is 16.2. The molecular weight excluding hydrogens is 286 g/mol. The molecule has 0 aliphatic heterocycles. The lowest BCUT2D eigenvalue weighted by atomic mass is 10.0. The fraction of sp³-hybridized carbons (Fsp3) is 0.474. The summed E-state index contributed by atoms with van der Waals surface area (Å²) >= 11 is 0. The van der Waals surface area contributed by atoms with Gasteiger partial charge in [-0.1, -0.05) is 0 Å². The lowest BCUT2D eigenvalue weighted by molar-refractivity contribution is -0.121. The van der Waals surface area contributed by atoms with E-state index in [1.165, 1.54) is 12.8 Å². The molecule has 118 valence electrons. The summed E-state index contributed by atoms with van der Waals surface area (Å²) in [5.74, 6) is 2.45. The highest BCUT2D eigenvalue weighted by Gasteiger charge is 2.77. The Labute approximate surface area is 135 Å². The van der Waals surface area contributed by atoms with Crippen molar-refractivity contribution in [1.82, 2.24) is 9.55 Å². The standard InChI is InChI=1S/C19H21N3O/c1-11-12(2)22(10-20-11)15-5-3-14(4-6-15)21-18(23)19-9-13-7-16(19)17(19)8-13/h3-6,10,13,16-17H,7-9H2,1-2H3,(H,21,23). The van der Waals surface area contributed by atoms with Gasteiger partial charge in [0.1, 0.15) is 0 Å². The molecule has 1 aromatic carbocycles. The zero-order valence-electron chi connectivity index (χ0n) is 13.5. The van der Waals surface area contributed by atoms with E-state index in [0.717, 1.165) is 35.1 Å². The lowest BCUT2D eigenvalue weighted by Gasteiger charge is -2.13. The van der Waals surface area contributed by atoms with Crippen molar-refractivity contribution in [2.45, 2.75) is 33.1 Å². The molecule has 1 aromatic heterocycles. The van der Waals surface area contributed by atoms with Crippen molar-refractivity contribution < 1.29 is 4.79 Å². The molecule has 0 radical (unpaired) electrons. The first-order chi connectivity index (χ1) is 11.1. The summed E-state index contributed by atoms with van der Waals surface area (Å²) in [5.41, 5.74) is 4.17. The minimum atomic E-state index is 0.00138. The Bertz CT molecular complexity index is 793. The van der Waals surface area contributed by atoms with Crippen molar-refractivity contribution in [3.8, 4) is 5.69 Å². The molecule has 23 heavy (non-hydrogen) atoms. The van der Waals surface area contributed by atoms with Crippen LogP contribution in [-0.2, 0) is 4.79 Å². The van der Waals surface area contributed by atoms with E-state index in [1.807, 2.05) is 37.5 Å². The molecule has 4 nitrogen and oxygen atoms in total. The van der Waals surface area contributed by atoms with Crippen LogP contribution in [-0.4, -0.2) is 15.5 Å². The Morgan fingerprint density at radius 1 is 1.22 bits per heavy atom. The quantitative estimate of drug-likeness (QED) is 0.943. The number of benzene rings is 1. The van der Waals surface area contributed by atoms with Crippen LogP contribution >= 0.6 is 0 Å². The molecule has 4 heteroatoms. The second-order valence-electron chi connectivity index (χ2n) is 7.58. The number of nitrogens with zero attached hydrogens (tertiary/aromatic N) is 2. The van der Waals surface area contributed by atoms with Crippen molar-refractivity contribution in [2.75, 3.05) is 5.32 Å². The van der Waals surface area contributed by atoms with Gasteiger partial charge in [0.2, 0.25) is 5.91 Å². The number of anilines is 1. The van der Waals surface area contributed by atoms with E-state index in [-0.39, 0.29) is 11.3 Å². The summed E-state index contributed by atoms with van der Waals surface area (Å²) in [6.45, 7) is 4.08. The highest BCUT2D eigenvalue weighted by Crippen LogP contribution is 2.79. The topological polar surface area (TPSA) is 46.9 Å². The van der Waals surface area contributed by atoms with Crippen molar-refractivity contribution in [3.05, 3.63) is 42.0 Å². The zero-order valence-corrected chi connectivity index (χ0v) is 13.5. The summed E-state index contributed by atoms with van der Waals surface area (Å²) in [6, 6.07) is 8.07. The molecule has 2 atom stereocenters. The summed E-state index contributed by atoms with van der Waals surface area (Å²) in [4.78, 5) is 17.0. The van der Waals surface area contributed by atoms with Crippen molar-refractivity contribution >= 4 is 11.6 Å². The Morgan fingerprint density at radius 3 is 2.43 bits per heavy atom. The largest absolute Gasteiger partial charge is 0.326 e. The minimum absolute atomic E-state index is 0.00138. The minimum Gasteiger partial charge on any atom is -0.326 e. The van der Waals surface area contributed by atoms with Crippen molar-refractivity contribution in [2.24, 2.45) is 23.2 Å². The molecule has 6 rings (SSSR count). The van der Waals surface area contributed by atoms with Gasteiger partial charge >= 0.3 is 0 Å². The van der Waals surface area contributed by atoms with E-state index in [0.29, 0.717) is 11.8 Å². The third-order valence-corrected chi connectivity index (χ3v) is 6.58. The average Bonchev–Trinajstić information content (AvgIpc) is 3.09. The summed E-state index contributed by atoms with van der Waals surface area (Å²) in [7, 11) is 0. The van der Waals surface area contributed by atoms with Gasteiger partial charge in [-0.25, -0.2) is 4.98 Å². The second kappa shape index (κ2) is 4.25. The maximum atomic E-state index is 12.7. The second-order valence-corrected chi connectivity index (χ2v) is 7.58. The van der Waals surface area contributed by atoms with Gasteiger partial charge < -0.3 is 9.88 Å². The first-order valence-corrected chi connectivity index (χ1v) is 8.52. The average molecular weight is 307 g/mol. The van der Waals surface area contributed by atoms with Gasteiger partial charge in [-0.15, -0.1) is 0 Å². The van der Waals surface area contributed by atoms with Crippen molar-refractivity contribution in [3.63, 3.8) is 0 Å². The third-order valence-electron chi connectivity index (χ3n) is 6.58. The van der Waals surface area contributed by atoms with Gasteiger partial charge in [0, 0.05) is 17.1 Å². The smallest absolute Gasteiger partial charge is 0.231 e. The van der Waals surface area contributed by atoms with E-state index < -0.39 is 0 Å². The molecule has 4 saturated carbocycles. The molecule has 1 N–H and O–H groups in total. The Balaban J connectivity index is 1.35. The van der Waals surface area contributed by atoms with Crippen LogP contribution in [0, 0.1) is 37.0 Å². The fourth-order valence-corrected chi connectivity index (χ4v) is 5.26. The van der Waals surface area contributed by atoms with Gasteiger partial charge in [0.15, 0.2) is 0 Å². The molecule has 2 unspecified atom stereocenters. The number of nitrogens with one attached hydrogen (secondary N) is 1. The van der Waals surface area contributed by atoms with Crippen LogP contribution in [0.4, 0.5) is 5.69 Å². The van der Waals surface area contributed by atoms with Crippen LogP contribution < -0.4 is 5.32 Å². The number of aromatic nitrogens is 2. The van der Waals surface area contributed by atoms with Crippen LogP contribution in [0.25, 0.3) is 5.69 Å². The van der Waals surface area contributed by atoms with Crippen molar-refractivity contribution in [1.29, 1.82) is 0 Å². The van der Waals surface area contributed by atoms with Crippen LogP contribution in [0.3, 0.4) is 0 Å². The van der Waals surface area contributed by atoms with Gasteiger partial charge in [-0.2, -0.15) is 0 Å². The Morgan fingerprint density at radius 2 is 1.91 bits per heavy atom.